The summed E-state index contributed by atoms with van der Waals surface area (Å²) in [5.74, 6) is 0. The summed E-state index contributed by atoms with van der Waals surface area (Å²) in [5, 5.41) is 0. The Labute approximate surface area is 84.7 Å². The van der Waals surface area contributed by atoms with E-state index in [0.717, 1.165) is 4.48 Å². The molecule has 0 bridgehead atoms. The SMILES string of the molecule is CC[N+](C)(C)C(C)(C)CC(C)(C)C. The van der Waals surface area contributed by atoms with E-state index in [2.05, 4.69) is 55.6 Å². The molecule has 0 heterocycles. The van der Waals surface area contributed by atoms with E-state index in [1.807, 2.05) is 0 Å². The molecule has 0 aromatic carbocycles. The number of hydrogen-bond acceptors (Lipinski definition) is 0. The van der Waals surface area contributed by atoms with Gasteiger partial charge in [-0.2, -0.15) is 0 Å². The van der Waals surface area contributed by atoms with Crippen LogP contribution in [0.4, 0.5) is 0 Å². The first-order valence-electron chi connectivity index (χ1n) is 5.35. The molecule has 0 atom stereocenters. The van der Waals surface area contributed by atoms with Gasteiger partial charge in [0.1, 0.15) is 0 Å². The molecule has 0 radical (unpaired) electrons. The molecule has 0 aliphatic rings. The van der Waals surface area contributed by atoms with E-state index in [0.29, 0.717) is 11.0 Å². The van der Waals surface area contributed by atoms with Crippen LogP contribution in [-0.4, -0.2) is 30.7 Å². The van der Waals surface area contributed by atoms with Crippen molar-refractivity contribution in [2.75, 3.05) is 20.6 Å². The lowest BCUT2D eigenvalue weighted by molar-refractivity contribution is -0.937. The molecule has 0 fully saturated rings. The first-order valence-corrected chi connectivity index (χ1v) is 5.35. The van der Waals surface area contributed by atoms with Gasteiger partial charge in [0.2, 0.25) is 0 Å². The van der Waals surface area contributed by atoms with Crippen LogP contribution in [0.3, 0.4) is 0 Å². The summed E-state index contributed by atoms with van der Waals surface area (Å²) in [5.41, 5.74) is 0.793. The van der Waals surface area contributed by atoms with Gasteiger partial charge in [-0.15, -0.1) is 0 Å². The van der Waals surface area contributed by atoms with E-state index in [4.69, 9.17) is 0 Å². The van der Waals surface area contributed by atoms with Crippen molar-refractivity contribution in [2.45, 2.75) is 53.5 Å². The zero-order valence-corrected chi connectivity index (χ0v) is 10.9. The molecule has 0 aromatic rings. The minimum Gasteiger partial charge on any atom is -0.324 e. The topological polar surface area (TPSA) is 0 Å². The summed E-state index contributed by atoms with van der Waals surface area (Å²) in [6.45, 7) is 15.2. The van der Waals surface area contributed by atoms with Crippen LogP contribution in [0.2, 0.25) is 0 Å². The number of hydrogen-bond donors (Lipinski definition) is 0. The van der Waals surface area contributed by atoms with Gasteiger partial charge in [0.15, 0.2) is 0 Å². The van der Waals surface area contributed by atoms with E-state index in [1.165, 1.54) is 13.0 Å². The molecule has 13 heavy (non-hydrogen) atoms. The maximum absolute atomic E-state index is 2.38. The van der Waals surface area contributed by atoms with Crippen LogP contribution in [0, 0.1) is 5.41 Å². The Kier molecular flexibility index (Phi) is 3.59. The van der Waals surface area contributed by atoms with Gasteiger partial charge < -0.3 is 4.48 Å². The van der Waals surface area contributed by atoms with Gasteiger partial charge in [-0.25, -0.2) is 0 Å². The summed E-state index contributed by atoms with van der Waals surface area (Å²) in [6, 6.07) is 0. The largest absolute Gasteiger partial charge is 0.324 e. The molecule has 0 aliphatic heterocycles. The van der Waals surface area contributed by atoms with Crippen LogP contribution in [0.1, 0.15) is 48.0 Å². The Morgan fingerprint density at radius 3 is 1.54 bits per heavy atom. The molecule has 0 spiro atoms. The number of rotatable bonds is 3. The first kappa shape index (κ1) is 13.0. The molecule has 0 saturated heterocycles. The van der Waals surface area contributed by atoms with Crippen molar-refractivity contribution in [3.8, 4) is 0 Å². The fourth-order valence-corrected chi connectivity index (χ4v) is 1.94. The highest BCUT2D eigenvalue weighted by Crippen LogP contribution is 2.33. The van der Waals surface area contributed by atoms with Crippen molar-refractivity contribution >= 4 is 0 Å². The summed E-state index contributed by atoms with van der Waals surface area (Å²) in [7, 11) is 4.65. The molecule has 0 N–H and O–H groups in total. The molecule has 0 unspecified atom stereocenters. The highest BCUT2D eigenvalue weighted by molar-refractivity contribution is 4.77. The minimum atomic E-state index is 0.368. The van der Waals surface area contributed by atoms with Crippen molar-refractivity contribution < 1.29 is 4.48 Å². The monoisotopic (exact) mass is 186 g/mol. The third kappa shape index (κ3) is 3.68. The molecule has 0 aliphatic carbocycles. The third-order valence-corrected chi connectivity index (χ3v) is 3.39. The molecule has 80 valence electrons. The molecule has 0 amide bonds. The fraction of sp³-hybridized carbons (Fsp3) is 1.00. The molecule has 0 rings (SSSR count). The van der Waals surface area contributed by atoms with Gasteiger partial charge in [-0.1, -0.05) is 20.8 Å². The zero-order chi connectivity index (χ0) is 10.9. The van der Waals surface area contributed by atoms with Crippen molar-refractivity contribution in [1.29, 1.82) is 0 Å². The van der Waals surface area contributed by atoms with Crippen LogP contribution >= 0.6 is 0 Å². The van der Waals surface area contributed by atoms with E-state index in [9.17, 15) is 0 Å². The van der Waals surface area contributed by atoms with Gasteiger partial charge >= 0.3 is 0 Å². The Balaban J connectivity index is 4.58. The highest BCUT2D eigenvalue weighted by atomic mass is 15.4. The number of nitrogens with zero attached hydrogens (tertiary/aromatic N) is 1. The first-order chi connectivity index (χ1) is 5.52. The molecule has 0 saturated carbocycles. The van der Waals surface area contributed by atoms with Crippen LogP contribution in [0.25, 0.3) is 0 Å². The average molecular weight is 186 g/mol. The van der Waals surface area contributed by atoms with Crippen LogP contribution in [0.15, 0.2) is 0 Å². The molecule has 1 heteroatoms. The summed E-state index contributed by atoms with van der Waals surface area (Å²) < 4.78 is 1.10. The van der Waals surface area contributed by atoms with Crippen molar-refractivity contribution in [3.63, 3.8) is 0 Å². The van der Waals surface area contributed by atoms with E-state index < -0.39 is 0 Å². The lowest BCUT2D eigenvalue weighted by Gasteiger charge is -2.46. The van der Waals surface area contributed by atoms with E-state index >= 15 is 0 Å². The lowest BCUT2D eigenvalue weighted by Crippen LogP contribution is -2.57. The van der Waals surface area contributed by atoms with Gasteiger partial charge in [0.25, 0.3) is 0 Å². The summed E-state index contributed by atoms with van der Waals surface area (Å²) >= 11 is 0. The van der Waals surface area contributed by atoms with Gasteiger partial charge in [0.05, 0.1) is 26.2 Å². The maximum Gasteiger partial charge on any atom is 0.0936 e. The van der Waals surface area contributed by atoms with E-state index in [-0.39, 0.29) is 0 Å². The summed E-state index contributed by atoms with van der Waals surface area (Å²) in [4.78, 5) is 0. The normalized spacial score (nSPS) is 14.8. The van der Waals surface area contributed by atoms with Crippen molar-refractivity contribution in [3.05, 3.63) is 0 Å². The van der Waals surface area contributed by atoms with Gasteiger partial charge in [0, 0.05) is 6.42 Å². The van der Waals surface area contributed by atoms with E-state index in [1.54, 1.807) is 0 Å². The fourth-order valence-electron chi connectivity index (χ4n) is 1.94. The van der Waals surface area contributed by atoms with Crippen LogP contribution in [-0.2, 0) is 0 Å². The van der Waals surface area contributed by atoms with Crippen molar-refractivity contribution in [1.82, 2.24) is 0 Å². The standard InChI is InChI=1S/C12H28N/c1-9-13(7,8)12(5,6)10-11(2,3)4/h9-10H2,1-8H3/q+1. The predicted molar refractivity (Wildman–Crippen MR) is 60.8 cm³/mol. The Hall–Kier alpha value is -0.0400. The zero-order valence-electron chi connectivity index (χ0n) is 10.9. The lowest BCUT2D eigenvalue weighted by atomic mass is 9.80. The molecular formula is C12H28N+. The smallest absolute Gasteiger partial charge is 0.0936 e. The average Bonchev–Trinajstić information content (AvgIpc) is 1.81. The van der Waals surface area contributed by atoms with Crippen LogP contribution < -0.4 is 0 Å². The Morgan fingerprint density at radius 2 is 1.31 bits per heavy atom. The Bertz CT molecular complexity index is 160. The second-order valence-electron chi connectivity index (χ2n) is 6.55. The molecule has 1 nitrogen and oxygen atoms in total. The third-order valence-electron chi connectivity index (χ3n) is 3.39. The van der Waals surface area contributed by atoms with Crippen LogP contribution in [0.5, 0.6) is 0 Å². The quantitative estimate of drug-likeness (QED) is 0.593. The summed E-state index contributed by atoms with van der Waals surface area (Å²) in [6.07, 6.45) is 1.26. The van der Waals surface area contributed by atoms with Gasteiger partial charge in [-0.05, 0) is 26.2 Å². The molecular weight excluding hydrogens is 158 g/mol. The highest BCUT2D eigenvalue weighted by Gasteiger charge is 2.38. The van der Waals surface area contributed by atoms with Crippen molar-refractivity contribution in [2.24, 2.45) is 5.41 Å². The second-order valence-corrected chi connectivity index (χ2v) is 6.55. The minimum absolute atomic E-state index is 0.368. The predicted octanol–water partition coefficient (Wildman–Crippen LogP) is 3.30. The maximum atomic E-state index is 2.38. The second kappa shape index (κ2) is 3.61. The Morgan fingerprint density at radius 1 is 0.923 bits per heavy atom. The molecule has 0 aromatic heterocycles. The van der Waals surface area contributed by atoms with Gasteiger partial charge in [-0.3, -0.25) is 0 Å². The number of quaternary nitrogens is 1.